The fourth-order valence-corrected chi connectivity index (χ4v) is 1.78. The quantitative estimate of drug-likeness (QED) is 0.816. The second-order valence-corrected chi connectivity index (χ2v) is 4.55. The highest BCUT2D eigenvalue weighted by molar-refractivity contribution is 6.32. The van der Waals surface area contributed by atoms with Gasteiger partial charge in [0.15, 0.2) is 11.1 Å². The van der Waals surface area contributed by atoms with E-state index in [9.17, 15) is 0 Å². The number of nitrogens with one attached hydrogen (secondary N) is 2. The average Bonchev–Trinajstić information content (AvgIpc) is 2.74. The second-order valence-electron chi connectivity index (χ2n) is 4.19. The topological polar surface area (TPSA) is 71.4 Å². The first-order chi connectivity index (χ1) is 8.56. The summed E-state index contributed by atoms with van der Waals surface area (Å²) in [7, 11) is 0. The molecule has 2 heterocycles. The summed E-state index contributed by atoms with van der Waals surface area (Å²) in [6.07, 6.45) is 0.00870. The molecular formula is C11H16ClN5O. The lowest BCUT2D eigenvalue weighted by molar-refractivity contribution is 0.233. The summed E-state index contributed by atoms with van der Waals surface area (Å²) in [6.45, 7) is 7.19. The Balaban J connectivity index is 2.30. The molecule has 7 heteroatoms. The van der Waals surface area contributed by atoms with E-state index in [-0.39, 0.29) is 6.10 Å². The molecule has 0 unspecified atom stereocenters. The maximum Gasteiger partial charge on any atom is 0.243 e. The number of anilines is 1. The number of aliphatic imine (C=N–C) groups is 1. The van der Waals surface area contributed by atoms with Crippen molar-refractivity contribution < 1.29 is 4.74 Å². The van der Waals surface area contributed by atoms with Gasteiger partial charge in [-0.25, -0.2) is 4.98 Å². The van der Waals surface area contributed by atoms with Crippen molar-refractivity contribution in [1.82, 2.24) is 15.3 Å². The molecule has 2 rings (SSSR count). The summed E-state index contributed by atoms with van der Waals surface area (Å²) >= 11 is 6.12. The first-order valence-electron chi connectivity index (χ1n) is 5.82. The van der Waals surface area contributed by atoms with Crippen LogP contribution < -0.4 is 15.4 Å². The zero-order valence-corrected chi connectivity index (χ0v) is 11.4. The molecule has 0 amide bonds. The summed E-state index contributed by atoms with van der Waals surface area (Å²) in [6, 6.07) is 0. The van der Waals surface area contributed by atoms with Crippen molar-refractivity contribution in [2.45, 2.75) is 26.9 Å². The molecule has 0 fully saturated rings. The van der Waals surface area contributed by atoms with Crippen molar-refractivity contribution in [3.05, 3.63) is 11.0 Å². The van der Waals surface area contributed by atoms with Gasteiger partial charge in [0.25, 0.3) is 0 Å². The normalized spacial score (nSPS) is 14.4. The van der Waals surface area contributed by atoms with Crippen molar-refractivity contribution in [3.8, 4) is 5.88 Å². The number of ether oxygens (including phenoxy) is 1. The highest BCUT2D eigenvalue weighted by Gasteiger charge is 2.17. The van der Waals surface area contributed by atoms with Crippen LogP contribution in [-0.4, -0.2) is 35.1 Å². The van der Waals surface area contributed by atoms with E-state index in [4.69, 9.17) is 16.3 Å². The predicted molar refractivity (Wildman–Crippen MR) is 71.5 cm³/mol. The van der Waals surface area contributed by atoms with E-state index >= 15 is 0 Å². The van der Waals surface area contributed by atoms with Crippen LogP contribution in [0.15, 0.2) is 4.99 Å². The fourth-order valence-electron chi connectivity index (χ4n) is 1.53. The Morgan fingerprint density at radius 2 is 2.17 bits per heavy atom. The number of hydrogen-bond acceptors (Lipinski definition) is 6. The molecule has 98 valence electrons. The van der Waals surface area contributed by atoms with E-state index in [1.807, 2.05) is 13.8 Å². The molecule has 18 heavy (non-hydrogen) atoms. The Bertz CT molecular complexity index is 475. The van der Waals surface area contributed by atoms with Crippen LogP contribution in [0.25, 0.3) is 0 Å². The maximum atomic E-state index is 6.12. The Morgan fingerprint density at radius 3 is 2.78 bits per heavy atom. The van der Waals surface area contributed by atoms with Crippen LogP contribution in [0.4, 0.5) is 5.69 Å². The highest BCUT2D eigenvalue weighted by Crippen LogP contribution is 2.30. The van der Waals surface area contributed by atoms with Crippen molar-refractivity contribution in [2.75, 3.05) is 18.4 Å². The first-order valence-corrected chi connectivity index (χ1v) is 6.20. The van der Waals surface area contributed by atoms with Crippen LogP contribution >= 0.6 is 11.6 Å². The van der Waals surface area contributed by atoms with Gasteiger partial charge in [-0.2, -0.15) is 4.98 Å². The van der Waals surface area contributed by atoms with E-state index in [2.05, 4.69) is 25.6 Å². The summed E-state index contributed by atoms with van der Waals surface area (Å²) < 4.78 is 5.64. The van der Waals surface area contributed by atoms with Crippen LogP contribution in [0.1, 0.15) is 19.7 Å². The molecule has 0 atom stereocenters. The molecule has 1 aliphatic heterocycles. The minimum absolute atomic E-state index is 0.00870. The average molecular weight is 270 g/mol. The minimum atomic E-state index is 0.00870. The first kappa shape index (κ1) is 12.9. The number of guanidine groups is 1. The van der Waals surface area contributed by atoms with Crippen molar-refractivity contribution in [2.24, 2.45) is 4.99 Å². The van der Waals surface area contributed by atoms with Gasteiger partial charge in [-0.3, -0.25) is 4.99 Å². The smallest absolute Gasteiger partial charge is 0.243 e. The minimum Gasteiger partial charge on any atom is -0.473 e. The third kappa shape index (κ3) is 3.01. The van der Waals surface area contributed by atoms with Gasteiger partial charge in [-0.05, 0) is 20.8 Å². The van der Waals surface area contributed by atoms with E-state index < -0.39 is 0 Å². The Hall–Kier alpha value is -1.56. The Morgan fingerprint density at radius 1 is 1.39 bits per heavy atom. The lowest BCUT2D eigenvalue weighted by atomic mass is 10.4. The number of nitrogens with zero attached hydrogens (tertiary/aromatic N) is 3. The van der Waals surface area contributed by atoms with Crippen LogP contribution in [0.3, 0.4) is 0 Å². The molecular weight excluding hydrogens is 254 g/mol. The molecule has 6 nitrogen and oxygen atoms in total. The summed E-state index contributed by atoms with van der Waals surface area (Å²) in [4.78, 5) is 12.6. The van der Waals surface area contributed by atoms with Gasteiger partial charge in [0.2, 0.25) is 5.88 Å². The third-order valence-corrected chi connectivity index (χ3v) is 2.48. The summed E-state index contributed by atoms with van der Waals surface area (Å²) in [5, 5.41) is 6.49. The van der Waals surface area contributed by atoms with E-state index in [0.717, 1.165) is 13.1 Å². The van der Waals surface area contributed by atoms with Crippen LogP contribution in [0.5, 0.6) is 5.88 Å². The number of aryl methyl sites for hydroxylation is 1. The largest absolute Gasteiger partial charge is 0.473 e. The standard InChI is InChI=1S/C11H16ClN5O/c1-6(2)18-10-8(9(12)15-7(3)16-10)17-11-13-4-5-14-11/h6H,4-5H2,1-3H3,(H2,13,14,17). The molecule has 0 aliphatic carbocycles. The Kier molecular flexibility index (Phi) is 3.86. The monoisotopic (exact) mass is 269 g/mol. The molecule has 0 aromatic carbocycles. The van der Waals surface area contributed by atoms with Gasteiger partial charge >= 0.3 is 0 Å². The van der Waals surface area contributed by atoms with Crippen LogP contribution in [-0.2, 0) is 0 Å². The fraction of sp³-hybridized carbons (Fsp3) is 0.545. The van der Waals surface area contributed by atoms with Crippen molar-refractivity contribution >= 4 is 23.2 Å². The van der Waals surface area contributed by atoms with Crippen LogP contribution in [0, 0.1) is 6.92 Å². The zero-order chi connectivity index (χ0) is 13.1. The van der Waals surface area contributed by atoms with Crippen LogP contribution in [0.2, 0.25) is 5.15 Å². The molecule has 0 saturated carbocycles. The summed E-state index contributed by atoms with van der Waals surface area (Å²) in [5.41, 5.74) is 0.545. The van der Waals surface area contributed by atoms with E-state index in [1.165, 1.54) is 0 Å². The van der Waals surface area contributed by atoms with Gasteiger partial charge in [0, 0.05) is 6.54 Å². The number of rotatable bonds is 3. The Labute approximate surface area is 111 Å². The predicted octanol–water partition coefficient (Wildman–Crippen LogP) is 1.60. The van der Waals surface area contributed by atoms with Gasteiger partial charge in [-0.1, -0.05) is 11.6 Å². The van der Waals surface area contributed by atoms with Crippen molar-refractivity contribution in [3.63, 3.8) is 0 Å². The lowest BCUT2D eigenvalue weighted by Gasteiger charge is -2.15. The maximum absolute atomic E-state index is 6.12. The van der Waals surface area contributed by atoms with Gasteiger partial charge in [-0.15, -0.1) is 0 Å². The summed E-state index contributed by atoms with van der Waals surface area (Å²) in [5.74, 6) is 1.68. The van der Waals surface area contributed by atoms with Gasteiger partial charge in [0.05, 0.1) is 12.6 Å². The molecule has 1 aromatic rings. The molecule has 1 aliphatic rings. The third-order valence-electron chi connectivity index (χ3n) is 2.21. The number of halogens is 1. The zero-order valence-electron chi connectivity index (χ0n) is 10.6. The lowest BCUT2D eigenvalue weighted by Crippen LogP contribution is -2.27. The molecule has 0 spiro atoms. The van der Waals surface area contributed by atoms with Gasteiger partial charge in [0.1, 0.15) is 11.5 Å². The SMILES string of the molecule is Cc1nc(Cl)c(NC2=NCCN2)c(OC(C)C)n1. The van der Waals surface area contributed by atoms with E-state index in [0.29, 0.717) is 28.5 Å². The molecule has 0 bridgehead atoms. The second kappa shape index (κ2) is 5.39. The number of hydrogen-bond donors (Lipinski definition) is 2. The number of aromatic nitrogens is 2. The highest BCUT2D eigenvalue weighted by atomic mass is 35.5. The van der Waals surface area contributed by atoms with Gasteiger partial charge < -0.3 is 15.4 Å². The molecule has 0 saturated heterocycles. The van der Waals surface area contributed by atoms with E-state index in [1.54, 1.807) is 6.92 Å². The molecule has 2 N–H and O–H groups in total. The van der Waals surface area contributed by atoms with Crippen molar-refractivity contribution in [1.29, 1.82) is 0 Å². The molecule has 1 aromatic heterocycles. The molecule has 0 radical (unpaired) electrons.